The average molecular weight is 246 g/mol. The maximum atomic E-state index is 11.3. The Labute approximate surface area is 83.3 Å². The van der Waals surface area contributed by atoms with E-state index in [1.165, 1.54) is 0 Å². The molecule has 0 fully saturated rings. The minimum absolute atomic E-state index is 0.203. The highest BCUT2D eigenvalue weighted by atomic mass is 79.9. The number of carbonyl (C=O) groups excluding carboxylic acids is 1. The zero-order valence-electron chi connectivity index (χ0n) is 7.00. The van der Waals surface area contributed by atoms with Crippen LogP contribution in [0.1, 0.15) is 16.2 Å². The lowest BCUT2D eigenvalue weighted by Crippen LogP contribution is -2.25. The number of halogens is 1. The van der Waals surface area contributed by atoms with Crippen molar-refractivity contribution in [2.24, 2.45) is 0 Å². The molecule has 1 heterocycles. The smallest absolute Gasteiger partial charge is 0.275 e. The summed E-state index contributed by atoms with van der Waals surface area (Å²) in [6.45, 7) is 5.57. The average Bonchev–Trinajstić information content (AvgIpc) is 2.47. The summed E-state index contributed by atoms with van der Waals surface area (Å²) in [6, 6.07) is 0. The monoisotopic (exact) mass is 245 g/mol. The van der Waals surface area contributed by atoms with Crippen LogP contribution in [0.15, 0.2) is 15.7 Å². The van der Waals surface area contributed by atoms with E-state index in [9.17, 15) is 4.79 Å². The van der Waals surface area contributed by atoms with Gasteiger partial charge in [0, 0.05) is 11.0 Å². The molecule has 0 bridgehead atoms. The standard InChI is InChI=1S/C7H8BrN3O2/c1-4(8)3-9-7(12)6-5(2)10-13-11-6/h1,3H2,2H3,(H,9,12). The molecule has 1 rings (SSSR count). The van der Waals surface area contributed by atoms with E-state index >= 15 is 0 Å². The number of carbonyl (C=O) groups is 1. The molecule has 0 saturated heterocycles. The third-order valence-electron chi connectivity index (χ3n) is 1.31. The Balaban J connectivity index is 2.59. The van der Waals surface area contributed by atoms with Gasteiger partial charge in [-0.15, -0.1) is 0 Å². The van der Waals surface area contributed by atoms with Crippen LogP contribution in [0.5, 0.6) is 0 Å². The molecule has 1 aromatic heterocycles. The molecule has 5 nitrogen and oxygen atoms in total. The van der Waals surface area contributed by atoms with Crippen molar-refractivity contribution in [3.8, 4) is 0 Å². The quantitative estimate of drug-likeness (QED) is 0.864. The van der Waals surface area contributed by atoms with Crippen LogP contribution in [0.2, 0.25) is 0 Å². The highest BCUT2D eigenvalue weighted by Gasteiger charge is 2.13. The summed E-state index contributed by atoms with van der Waals surface area (Å²) < 4.78 is 5.07. The van der Waals surface area contributed by atoms with Gasteiger partial charge in [-0.1, -0.05) is 27.7 Å². The predicted octanol–water partition coefficient (Wildman–Crippen LogP) is 1.02. The second kappa shape index (κ2) is 4.18. The molecule has 0 aromatic carbocycles. The Kier molecular flexibility index (Phi) is 3.18. The van der Waals surface area contributed by atoms with E-state index in [0.29, 0.717) is 16.7 Å². The van der Waals surface area contributed by atoms with Crippen LogP contribution in [0.3, 0.4) is 0 Å². The van der Waals surface area contributed by atoms with Crippen LogP contribution >= 0.6 is 15.9 Å². The van der Waals surface area contributed by atoms with Crippen molar-refractivity contribution in [2.45, 2.75) is 6.92 Å². The molecule has 0 atom stereocenters. The first-order valence-corrected chi connectivity index (χ1v) is 4.31. The van der Waals surface area contributed by atoms with Crippen LogP contribution < -0.4 is 5.32 Å². The van der Waals surface area contributed by atoms with Crippen LogP contribution in [-0.2, 0) is 0 Å². The summed E-state index contributed by atoms with van der Waals surface area (Å²) in [5.41, 5.74) is 0.673. The zero-order chi connectivity index (χ0) is 9.84. The first-order chi connectivity index (χ1) is 6.11. The Morgan fingerprint density at radius 2 is 2.38 bits per heavy atom. The summed E-state index contributed by atoms with van der Waals surface area (Å²) in [5.74, 6) is -0.320. The van der Waals surface area contributed by atoms with E-state index in [-0.39, 0.29) is 11.6 Å². The molecule has 0 aliphatic rings. The number of amides is 1. The van der Waals surface area contributed by atoms with Crippen molar-refractivity contribution in [2.75, 3.05) is 6.54 Å². The molecule has 6 heteroatoms. The molecule has 70 valence electrons. The summed E-state index contributed by atoms with van der Waals surface area (Å²) in [7, 11) is 0. The van der Waals surface area contributed by atoms with Gasteiger partial charge in [0.2, 0.25) is 0 Å². The molecule has 0 spiro atoms. The van der Waals surface area contributed by atoms with Crippen LogP contribution in [0, 0.1) is 6.92 Å². The van der Waals surface area contributed by atoms with E-state index in [4.69, 9.17) is 0 Å². The molecule has 0 aliphatic carbocycles. The van der Waals surface area contributed by atoms with E-state index in [1.54, 1.807) is 6.92 Å². The highest BCUT2D eigenvalue weighted by Crippen LogP contribution is 2.01. The first kappa shape index (κ1) is 9.91. The molecule has 1 aromatic rings. The van der Waals surface area contributed by atoms with Gasteiger partial charge in [-0.3, -0.25) is 4.79 Å². The van der Waals surface area contributed by atoms with E-state index in [1.807, 2.05) is 0 Å². The third-order valence-corrected chi connectivity index (χ3v) is 1.59. The predicted molar refractivity (Wildman–Crippen MR) is 49.4 cm³/mol. The molecular formula is C7H8BrN3O2. The van der Waals surface area contributed by atoms with Crippen molar-refractivity contribution >= 4 is 21.8 Å². The molecule has 1 amide bonds. The maximum absolute atomic E-state index is 11.3. The minimum atomic E-state index is -0.320. The number of aryl methyl sites for hydroxylation is 1. The third kappa shape index (κ3) is 2.66. The first-order valence-electron chi connectivity index (χ1n) is 3.52. The van der Waals surface area contributed by atoms with Crippen molar-refractivity contribution in [3.05, 3.63) is 22.4 Å². The zero-order valence-corrected chi connectivity index (χ0v) is 8.59. The lowest BCUT2D eigenvalue weighted by atomic mass is 10.3. The van der Waals surface area contributed by atoms with E-state index < -0.39 is 0 Å². The van der Waals surface area contributed by atoms with Gasteiger partial charge < -0.3 is 5.32 Å². The maximum Gasteiger partial charge on any atom is 0.275 e. The number of aromatic nitrogens is 2. The summed E-state index contributed by atoms with van der Waals surface area (Å²) in [5, 5.41) is 9.51. The van der Waals surface area contributed by atoms with Gasteiger partial charge in [0.15, 0.2) is 5.69 Å². The Bertz CT molecular complexity index is 334. The van der Waals surface area contributed by atoms with Crippen LogP contribution in [0.4, 0.5) is 0 Å². The number of nitrogens with zero attached hydrogens (tertiary/aromatic N) is 2. The van der Waals surface area contributed by atoms with Crippen molar-refractivity contribution in [1.29, 1.82) is 0 Å². The molecular weight excluding hydrogens is 238 g/mol. The Hall–Kier alpha value is -1.17. The van der Waals surface area contributed by atoms with Gasteiger partial charge in [0.1, 0.15) is 5.69 Å². The summed E-state index contributed by atoms with van der Waals surface area (Å²) in [6.07, 6.45) is 0. The Morgan fingerprint density at radius 3 is 2.85 bits per heavy atom. The SMILES string of the molecule is C=C(Br)CNC(=O)c1nonc1C. The van der Waals surface area contributed by atoms with Gasteiger partial charge in [-0.05, 0) is 12.1 Å². The second-order valence-electron chi connectivity index (χ2n) is 2.40. The lowest BCUT2D eigenvalue weighted by molar-refractivity contribution is 0.0947. The van der Waals surface area contributed by atoms with Crippen LogP contribution in [0.25, 0.3) is 0 Å². The van der Waals surface area contributed by atoms with Crippen molar-refractivity contribution in [3.63, 3.8) is 0 Å². The van der Waals surface area contributed by atoms with E-state index in [0.717, 1.165) is 0 Å². The molecule has 13 heavy (non-hydrogen) atoms. The van der Waals surface area contributed by atoms with Crippen molar-refractivity contribution in [1.82, 2.24) is 15.6 Å². The van der Waals surface area contributed by atoms with Gasteiger partial charge in [-0.25, -0.2) is 4.63 Å². The van der Waals surface area contributed by atoms with Crippen LogP contribution in [-0.4, -0.2) is 22.8 Å². The van der Waals surface area contributed by atoms with E-state index in [2.05, 4.69) is 42.8 Å². The topological polar surface area (TPSA) is 68.0 Å². The fourth-order valence-corrected chi connectivity index (χ4v) is 0.838. The lowest BCUT2D eigenvalue weighted by Gasteiger charge is -1.99. The van der Waals surface area contributed by atoms with Gasteiger partial charge in [0.05, 0.1) is 0 Å². The van der Waals surface area contributed by atoms with Gasteiger partial charge in [0.25, 0.3) is 5.91 Å². The summed E-state index contributed by atoms with van der Waals surface area (Å²) >= 11 is 3.12. The molecule has 0 radical (unpaired) electrons. The van der Waals surface area contributed by atoms with Crippen molar-refractivity contribution < 1.29 is 9.42 Å². The highest BCUT2D eigenvalue weighted by molar-refractivity contribution is 9.11. The van der Waals surface area contributed by atoms with Gasteiger partial charge >= 0.3 is 0 Å². The fourth-order valence-electron chi connectivity index (χ4n) is 0.697. The Morgan fingerprint density at radius 1 is 1.69 bits per heavy atom. The summed E-state index contributed by atoms with van der Waals surface area (Å²) in [4.78, 5) is 11.3. The fraction of sp³-hybridized carbons (Fsp3) is 0.286. The minimum Gasteiger partial charge on any atom is -0.346 e. The number of hydrogen-bond acceptors (Lipinski definition) is 4. The largest absolute Gasteiger partial charge is 0.346 e. The normalized spacial score (nSPS) is 9.69. The molecule has 0 unspecified atom stereocenters. The number of hydrogen-bond donors (Lipinski definition) is 1. The molecule has 1 N–H and O–H groups in total. The molecule has 0 aliphatic heterocycles. The van der Waals surface area contributed by atoms with Gasteiger partial charge in [-0.2, -0.15) is 0 Å². The second-order valence-corrected chi connectivity index (χ2v) is 3.52. The number of rotatable bonds is 3. The molecule has 0 saturated carbocycles. The number of nitrogens with one attached hydrogen (secondary N) is 1.